The van der Waals surface area contributed by atoms with Gasteiger partial charge in [0.05, 0.1) is 25.8 Å². The fourth-order valence-electron chi connectivity index (χ4n) is 3.42. The predicted molar refractivity (Wildman–Crippen MR) is 119 cm³/mol. The Balaban J connectivity index is 1.67. The van der Waals surface area contributed by atoms with Crippen molar-refractivity contribution >= 4 is 17.6 Å². The van der Waals surface area contributed by atoms with Crippen LogP contribution in [0.15, 0.2) is 53.7 Å². The number of halogens is 1. The summed E-state index contributed by atoms with van der Waals surface area (Å²) in [5.41, 5.74) is 2.18. The Morgan fingerprint density at radius 2 is 1.97 bits per heavy atom. The fraction of sp³-hybridized carbons (Fsp3) is 0.455. The molecular formula is C22H30ClN5O. The number of rotatable bonds is 8. The minimum atomic E-state index is 0.124. The number of benzene rings is 1. The second-order valence-corrected chi connectivity index (χ2v) is 7.31. The van der Waals surface area contributed by atoms with Crippen molar-refractivity contribution in [3.05, 3.63) is 64.9 Å². The highest BCUT2D eigenvalue weighted by Gasteiger charge is 2.24. The summed E-state index contributed by atoms with van der Waals surface area (Å²) in [5, 5.41) is 7.54. The Labute approximate surface area is 178 Å². The molecule has 1 aromatic carbocycles. The number of hydrogen-bond acceptors (Lipinski definition) is 4. The third kappa shape index (κ3) is 6.70. The van der Waals surface area contributed by atoms with E-state index in [1.165, 1.54) is 0 Å². The molecular weight excluding hydrogens is 386 g/mol. The topological polar surface area (TPSA) is 61.8 Å². The number of guanidine groups is 1. The van der Waals surface area contributed by atoms with Crippen LogP contribution in [0.3, 0.4) is 0 Å². The van der Waals surface area contributed by atoms with Crippen LogP contribution in [-0.2, 0) is 11.2 Å². The highest BCUT2D eigenvalue weighted by molar-refractivity contribution is 6.31. The molecule has 29 heavy (non-hydrogen) atoms. The van der Waals surface area contributed by atoms with Crippen LogP contribution in [0, 0.1) is 0 Å². The second kappa shape index (κ2) is 11.8. The summed E-state index contributed by atoms with van der Waals surface area (Å²) >= 11 is 6.52. The first-order valence-corrected chi connectivity index (χ1v) is 10.6. The molecule has 2 heterocycles. The minimum absolute atomic E-state index is 0.124. The van der Waals surface area contributed by atoms with Crippen LogP contribution in [0.4, 0.5) is 0 Å². The van der Waals surface area contributed by atoms with Gasteiger partial charge >= 0.3 is 0 Å². The zero-order valence-electron chi connectivity index (χ0n) is 17.0. The maximum Gasteiger partial charge on any atom is 0.191 e. The van der Waals surface area contributed by atoms with Gasteiger partial charge in [-0.2, -0.15) is 0 Å². The van der Waals surface area contributed by atoms with E-state index in [4.69, 9.17) is 21.3 Å². The van der Waals surface area contributed by atoms with Crippen LogP contribution in [0.2, 0.25) is 5.02 Å². The quantitative estimate of drug-likeness (QED) is 0.512. The summed E-state index contributed by atoms with van der Waals surface area (Å²) in [6.07, 6.45) is 2.67. The van der Waals surface area contributed by atoms with Gasteiger partial charge in [0.25, 0.3) is 0 Å². The van der Waals surface area contributed by atoms with Crippen molar-refractivity contribution in [1.29, 1.82) is 0 Å². The second-order valence-electron chi connectivity index (χ2n) is 6.90. The lowest BCUT2D eigenvalue weighted by atomic mass is 10.0. The van der Waals surface area contributed by atoms with Crippen molar-refractivity contribution in [2.24, 2.45) is 4.99 Å². The standard InChI is InChI=1S/C22H30ClN5O/c1-2-24-22(26-12-10-18-7-5-6-11-25-18)27-17-21(28-13-15-29-16-14-28)19-8-3-4-9-20(19)23/h3-9,11,21H,2,10,12-17H2,1H3,(H2,24,26,27). The normalized spacial score (nSPS) is 16.4. The highest BCUT2D eigenvalue weighted by atomic mass is 35.5. The maximum atomic E-state index is 6.52. The van der Waals surface area contributed by atoms with Crippen LogP contribution in [0.5, 0.6) is 0 Å². The van der Waals surface area contributed by atoms with E-state index < -0.39 is 0 Å². The average Bonchev–Trinajstić information content (AvgIpc) is 2.76. The largest absolute Gasteiger partial charge is 0.379 e. The van der Waals surface area contributed by atoms with Crippen molar-refractivity contribution in [2.45, 2.75) is 19.4 Å². The molecule has 0 spiro atoms. The summed E-state index contributed by atoms with van der Waals surface area (Å²) < 4.78 is 5.53. The summed E-state index contributed by atoms with van der Waals surface area (Å²) in [6, 6.07) is 14.2. The predicted octanol–water partition coefficient (Wildman–Crippen LogP) is 2.91. The third-order valence-corrected chi connectivity index (χ3v) is 5.26. The molecule has 1 saturated heterocycles. The van der Waals surface area contributed by atoms with Crippen molar-refractivity contribution in [3.63, 3.8) is 0 Å². The van der Waals surface area contributed by atoms with Crippen LogP contribution in [0.1, 0.15) is 24.2 Å². The Bertz CT molecular complexity index is 765. The molecule has 1 atom stereocenters. The van der Waals surface area contributed by atoms with E-state index in [2.05, 4.69) is 33.5 Å². The molecule has 0 amide bonds. The summed E-state index contributed by atoms with van der Waals surface area (Å²) in [5.74, 6) is 0.814. The number of aromatic nitrogens is 1. The van der Waals surface area contributed by atoms with Gasteiger partial charge in [-0.1, -0.05) is 35.9 Å². The van der Waals surface area contributed by atoms with E-state index in [9.17, 15) is 0 Å². The molecule has 2 aromatic rings. The summed E-state index contributed by atoms with van der Waals surface area (Å²) in [4.78, 5) is 11.7. The van der Waals surface area contributed by atoms with Gasteiger partial charge in [-0.05, 0) is 30.7 Å². The first-order chi connectivity index (χ1) is 14.3. The molecule has 156 valence electrons. The lowest BCUT2D eigenvalue weighted by molar-refractivity contribution is 0.0180. The highest BCUT2D eigenvalue weighted by Crippen LogP contribution is 2.28. The lowest BCUT2D eigenvalue weighted by Crippen LogP contribution is -2.42. The number of nitrogens with one attached hydrogen (secondary N) is 2. The van der Waals surface area contributed by atoms with E-state index >= 15 is 0 Å². The SMILES string of the molecule is CCNC(=NCC(c1ccccc1Cl)N1CCOCC1)NCCc1ccccn1. The molecule has 2 N–H and O–H groups in total. The number of nitrogens with zero attached hydrogens (tertiary/aromatic N) is 3. The van der Waals surface area contributed by atoms with E-state index in [-0.39, 0.29) is 6.04 Å². The van der Waals surface area contributed by atoms with Gasteiger partial charge in [-0.25, -0.2) is 0 Å². The van der Waals surface area contributed by atoms with Gasteiger partial charge in [-0.15, -0.1) is 0 Å². The number of morpholine rings is 1. The van der Waals surface area contributed by atoms with E-state index in [0.29, 0.717) is 6.54 Å². The van der Waals surface area contributed by atoms with Crippen LogP contribution in [-0.4, -0.2) is 61.8 Å². The summed E-state index contributed by atoms with van der Waals surface area (Å²) in [6.45, 7) is 7.54. The zero-order chi connectivity index (χ0) is 20.3. The molecule has 0 bridgehead atoms. The van der Waals surface area contributed by atoms with Crippen LogP contribution in [0.25, 0.3) is 0 Å². The van der Waals surface area contributed by atoms with E-state index in [1.54, 1.807) is 0 Å². The zero-order valence-corrected chi connectivity index (χ0v) is 17.7. The maximum absolute atomic E-state index is 6.52. The monoisotopic (exact) mass is 415 g/mol. The number of hydrogen-bond donors (Lipinski definition) is 2. The van der Waals surface area contributed by atoms with Crippen molar-refractivity contribution < 1.29 is 4.74 Å². The molecule has 0 aliphatic carbocycles. The van der Waals surface area contributed by atoms with Gasteiger partial charge in [0, 0.05) is 49.5 Å². The first-order valence-electron chi connectivity index (χ1n) is 10.3. The molecule has 1 fully saturated rings. The lowest BCUT2D eigenvalue weighted by Gasteiger charge is -2.34. The fourth-order valence-corrected chi connectivity index (χ4v) is 3.68. The Kier molecular flexibility index (Phi) is 8.74. The molecule has 6 nitrogen and oxygen atoms in total. The molecule has 1 aliphatic rings. The van der Waals surface area contributed by atoms with Crippen LogP contribution >= 0.6 is 11.6 Å². The van der Waals surface area contributed by atoms with Gasteiger partial charge in [0.2, 0.25) is 0 Å². The van der Waals surface area contributed by atoms with Gasteiger partial charge < -0.3 is 15.4 Å². The Morgan fingerprint density at radius 3 is 2.69 bits per heavy atom. The van der Waals surface area contributed by atoms with Gasteiger partial charge in [-0.3, -0.25) is 14.9 Å². The molecule has 7 heteroatoms. The summed E-state index contributed by atoms with van der Waals surface area (Å²) in [7, 11) is 0. The van der Waals surface area contributed by atoms with E-state index in [1.807, 2.05) is 42.6 Å². The molecule has 1 unspecified atom stereocenters. The molecule has 1 aromatic heterocycles. The number of pyridine rings is 1. The van der Waals surface area contributed by atoms with Crippen molar-refractivity contribution in [3.8, 4) is 0 Å². The Hall–Kier alpha value is -2.15. The molecule has 3 rings (SSSR count). The molecule has 0 saturated carbocycles. The van der Waals surface area contributed by atoms with Crippen molar-refractivity contribution in [1.82, 2.24) is 20.5 Å². The smallest absolute Gasteiger partial charge is 0.191 e. The van der Waals surface area contributed by atoms with E-state index in [0.717, 1.165) is 68.1 Å². The third-order valence-electron chi connectivity index (χ3n) is 4.92. The van der Waals surface area contributed by atoms with Gasteiger partial charge in [0.1, 0.15) is 0 Å². The Morgan fingerprint density at radius 1 is 1.17 bits per heavy atom. The number of aliphatic imine (C=N–C) groups is 1. The number of ether oxygens (including phenoxy) is 1. The minimum Gasteiger partial charge on any atom is -0.379 e. The van der Waals surface area contributed by atoms with Crippen LogP contribution < -0.4 is 10.6 Å². The van der Waals surface area contributed by atoms with Gasteiger partial charge in [0.15, 0.2) is 5.96 Å². The first kappa shape index (κ1) is 21.6. The molecule has 0 radical (unpaired) electrons. The average molecular weight is 416 g/mol. The van der Waals surface area contributed by atoms with Crippen molar-refractivity contribution in [2.75, 3.05) is 45.9 Å². The molecule has 1 aliphatic heterocycles.